The van der Waals surface area contributed by atoms with Crippen LogP contribution in [-0.2, 0) is 6.54 Å². The fourth-order valence-corrected chi connectivity index (χ4v) is 3.19. The van der Waals surface area contributed by atoms with E-state index < -0.39 is 12.1 Å². The molecule has 3 aromatic rings. The van der Waals surface area contributed by atoms with Gasteiger partial charge in [-0.2, -0.15) is 0 Å². The number of nitrogens with one attached hydrogen (secondary N) is 2. The first-order valence-electron chi connectivity index (χ1n) is 8.37. The molecule has 1 aromatic heterocycles. The van der Waals surface area contributed by atoms with Gasteiger partial charge in [0.2, 0.25) is 0 Å². The van der Waals surface area contributed by atoms with Gasteiger partial charge in [0, 0.05) is 11.6 Å². The summed E-state index contributed by atoms with van der Waals surface area (Å²) in [6.07, 6.45) is 0. The molecular weight excluding hydrogens is 351 g/mol. The number of anilines is 1. The van der Waals surface area contributed by atoms with E-state index in [1.807, 2.05) is 24.3 Å². The normalized spacial score (nSPS) is 18.0. The van der Waals surface area contributed by atoms with E-state index >= 15 is 0 Å². The Kier molecular flexibility index (Phi) is 4.41. The molecule has 1 aliphatic rings. The summed E-state index contributed by atoms with van der Waals surface area (Å²) in [5.41, 5.74) is 1.52. The highest BCUT2D eigenvalue weighted by molar-refractivity contribution is 5.89. The number of aromatic nitrogens is 4. The van der Waals surface area contributed by atoms with Gasteiger partial charge in [0.05, 0.1) is 13.7 Å². The van der Waals surface area contributed by atoms with Crippen molar-refractivity contribution in [3.8, 4) is 5.75 Å². The molecule has 0 aliphatic carbocycles. The first kappa shape index (κ1) is 17.0. The van der Waals surface area contributed by atoms with Gasteiger partial charge in [-0.15, -0.1) is 5.10 Å². The molecule has 0 spiro atoms. The van der Waals surface area contributed by atoms with E-state index in [4.69, 9.17) is 4.74 Å². The molecule has 0 fully saturated rings. The van der Waals surface area contributed by atoms with Gasteiger partial charge in [0.25, 0.3) is 0 Å². The van der Waals surface area contributed by atoms with Crippen LogP contribution in [-0.4, -0.2) is 33.3 Å². The van der Waals surface area contributed by atoms with Gasteiger partial charge in [-0.25, -0.2) is 13.9 Å². The number of urea groups is 1. The molecule has 2 amide bonds. The molecular formula is C18H17FN6O2. The zero-order chi connectivity index (χ0) is 18.8. The number of halogens is 1. The number of hydrogen-bond donors (Lipinski definition) is 2. The van der Waals surface area contributed by atoms with E-state index in [1.165, 1.54) is 24.3 Å². The lowest BCUT2D eigenvalue weighted by atomic mass is 9.93. The van der Waals surface area contributed by atoms with Crippen LogP contribution in [0.4, 0.5) is 14.9 Å². The van der Waals surface area contributed by atoms with Crippen LogP contribution in [0.3, 0.4) is 0 Å². The third kappa shape index (κ3) is 3.43. The van der Waals surface area contributed by atoms with Gasteiger partial charge in [0.15, 0.2) is 5.82 Å². The van der Waals surface area contributed by atoms with Crippen LogP contribution in [0.15, 0.2) is 48.5 Å². The minimum absolute atomic E-state index is 0.0483. The number of methoxy groups -OCH3 is 1. The van der Waals surface area contributed by atoms with Gasteiger partial charge in [-0.05, 0) is 52.4 Å². The van der Waals surface area contributed by atoms with Gasteiger partial charge in [0.1, 0.15) is 17.6 Å². The van der Waals surface area contributed by atoms with E-state index in [1.54, 1.807) is 11.8 Å². The van der Waals surface area contributed by atoms with Gasteiger partial charge < -0.3 is 15.4 Å². The minimum Gasteiger partial charge on any atom is -0.497 e. The molecule has 2 N–H and O–H groups in total. The molecule has 2 atom stereocenters. The summed E-state index contributed by atoms with van der Waals surface area (Å²) in [5, 5.41) is 17.3. The number of carbonyl (C=O) groups excluding carboxylic acids is 1. The maximum Gasteiger partial charge on any atom is 0.319 e. The van der Waals surface area contributed by atoms with E-state index in [2.05, 4.69) is 26.2 Å². The molecule has 138 valence electrons. The lowest BCUT2D eigenvalue weighted by Crippen LogP contribution is -2.34. The fourth-order valence-electron chi connectivity index (χ4n) is 3.19. The van der Waals surface area contributed by atoms with Crippen LogP contribution in [0.5, 0.6) is 5.75 Å². The molecule has 0 bridgehead atoms. The van der Waals surface area contributed by atoms with Crippen LogP contribution in [0.2, 0.25) is 0 Å². The quantitative estimate of drug-likeness (QED) is 0.738. The zero-order valence-electron chi connectivity index (χ0n) is 14.5. The van der Waals surface area contributed by atoms with Crippen molar-refractivity contribution < 1.29 is 13.9 Å². The van der Waals surface area contributed by atoms with Gasteiger partial charge >= 0.3 is 6.03 Å². The summed E-state index contributed by atoms with van der Waals surface area (Å²) in [6, 6.07) is 12.4. The first-order valence-corrected chi connectivity index (χ1v) is 8.37. The van der Waals surface area contributed by atoms with Crippen molar-refractivity contribution in [2.75, 3.05) is 12.4 Å². The number of ether oxygens (including phenoxy) is 1. The first-order chi connectivity index (χ1) is 13.1. The number of hydrogen-bond acceptors (Lipinski definition) is 5. The summed E-state index contributed by atoms with van der Waals surface area (Å²) < 4.78 is 19.9. The summed E-state index contributed by atoms with van der Waals surface area (Å²) in [5.74, 6) is 0.932. The number of benzene rings is 2. The second-order valence-electron chi connectivity index (χ2n) is 6.18. The number of nitrogens with zero attached hydrogens (tertiary/aromatic N) is 4. The van der Waals surface area contributed by atoms with Crippen molar-refractivity contribution >= 4 is 11.7 Å². The average Bonchev–Trinajstić information content (AvgIpc) is 3.26. The largest absolute Gasteiger partial charge is 0.497 e. The van der Waals surface area contributed by atoms with Crippen LogP contribution in [0.1, 0.15) is 23.3 Å². The summed E-state index contributed by atoms with van der Waals surface area (Å²) in [6.45, 7) is 0.552. The Morgan fingerprint density at radius 1 is 1.19 bits per heavy atom. The Hall–Kier alpha value is -3.49. The molecule has 27 heavy (non-hydrogen) atoms. The molecule has 4 rings (SSSR count). The number of amides is 2. The molecule has 2 aromatic carbocycles. The fraction of sp³-hybridized carbons (Fsp3) is 0.222. The second-order valence-corrected chi connectivity index (χ2v) is 6.18. The number of tetrazole rings is 1. The Labute approximate surface area is 154 Å². The van der Waals surface area contributed by atoms with Crippen molar-refractivity contribution in [2.24, 2.45) is 0 Å². The van der Waals surface area contributed by atoms with E-state index in [9.17, 15) is 9.18 Å². The van der Waals surface area contributed by atoms with Crippen LogP contribution >= 0.6 is 0 Å². The summed E-state index contributed by atoms with van der Waals surface area (Å²) in [7, 11) is 1.61. The highest BCUT2D eigenvalue weighted by Crippen LogP contribution is 2.37. The number of rotatable bonds is 4. The zero-order valence-corrected chi connectivity index (χ0v) is 14.5. The Balaban J connectivity index is 1.53. The Morgan fingerprint density at radius 3 is 2.63 bits per heavy atom. The summed E-state index contributed by atoms with van der Waals surface area (Å²) in [4.78, 5) is 12.4. The van der Waals surface area contributed by atoms with Crippen LogP contribution < -0.4 is 15.4 Å². The molecule has 0 saturated heterocycles. The number of fused-ring (bicyclic) bond motifs is 1. The monoisotopic (exact) mass is 368 g/mol. The van der Waals surface area contributed by atoms with E-state index in [0.717, 1.165) is 11.3 Å². The SMILES string of the molecule is COc1ccc([C@@H]2Cn3nnnc3[C@H]2NC(=O)Nc2ccc(F)cc2)cc1. The molecule has 0 saturated carbocycles. The summed E-state index contributed by atoms with van der Waals surface area (Å²) >= 11 is 0. The standard InChI is InChI=1S/C18H17FN6O2/c1-27-14-8-2-11(3-9-14)15-10-25-17(22-23-24-25)16(15)21-18(26)20-13-6-4-12(19)5-7-13/h2-9,15-16H,10H2,1H3,(H2,20,21,26)/t15-,16-/m0/s1. The minimum atomic E-state index is -0.415. The highest BCUT2D eigenvalue weighted by atomic mass is 19.1. The molecule has 0 unspecified atom stereocenters. The maximum atomic E-state index is 13.0. The predicted molar refractivity (Wildman–Crippen MR) is 94.8 cm³/mol. The van der Waals surface area contributed by atoms with Crippen LogP contribution in [0.25, 0.3) is 0 Å². The van der Waals surface area contributed by atoms with Crippen molar-refractivity contribution in [1.82, 2.24) is 25.5 Å². The maximum absolute atomic E-state index is 13.0. The van der Waals surface area contributed by atoms with Crippen molar-refractivity contribution in [3.05, 3.63) is 65.7 Å². The predicted octanol–water partition coefficient (Wildman–Crippen LogP) is 2.48. The number of carbonyl (C=O) groups is 1. The van der Waals surface area contributed by atoms with Gasteiger partial charge in [-0.1, -0.05) is 12.1 Å². The molecule has 0 radical (unpaired) electrons. The van der Waals surface area contributed by atoms with E-state index in [0.29, 0.717) is 18.1 Å². The van der Waals surface area contributed by atoms with Crippen LogP contribution in [0, 0.1) is 5.82 Å². The lowest BCUT2D eigenvalue weighted by Gasteiger charge is -2.20. The second kappa shape index (κ2) is 7.02. The molecule has 8 nitrogen and oxygen atoms in total. The van der Waals surface area contributed by atoms with Crippen molar-refractivity contribution in [1.29, 1.82) is 0 Å². The molecule has 2 heterocycles. The Morgan fingerprint density at radius 2 is 1.93 bits per heavy atom. The van der Waals surface area contributed by atoms with Crippen molar-refractivity contribution in [3.63, 3.8) is 0 Å². The molecule has 1 aliphatic heterocycles. The van der Waals surface area contributed by atoms with Gasteiger partial charge in [-0.3, -0.25) is 0 Å². The third-order valence-electron chi connectivity index (χ3n) is 4.54. The average molecular weight is 368 g/mol. The van der Waals surface area contributed by atoms with E-state index in [-0.39, 0.29) is 11.7 Å². The lowest BCUT2D eigenvalue weighted by molar-refractivity contribution is 0.247. The smallest absolute Gasteiger partial charge is 0.319 e. The Bertz CT molecular complexity index is 941. The van der Waals surface area contributed by atoms with Crippen molar-refractivity contribution in [2.45, 2.75) is 18.5 Å². The topological polar surface area (TPSA) is 94.0 Å². The highest BCUT2D eigenvalue weighted by Gasteiger charge is 2.37. The third-order valence-corrected chi connectivity index (χ3v) is 4.54. The molecule has 9 heteroatoms.